The molecule has 0 aliphatic carbocycles. The van der Waals surface area contributed by atoms with Gasteiger partial charge in [0.05, 0.1) is 4.90 Å². The van der Waals surface area contributed by atoms with Crippen molar-refractivity contribution in [3.63, 3.8) is 0 Å². The second-order valence-electron chi connectivity index (χ2n) is 4.89. The van der Waals surface area contributed by atoms with Crippen molar-refractivity contribution in [2.45, 2.75) is 32.1 Å². The number of carboxylic acids is 1. The maximum absolute atomic E-state index is 12.6. The van der Waals surface area contributed by atoms with Gasteiger partial charge in [-0.05, 0) is 31.0 Å². The molecule has 0 saturated carbocycles. The number of carbonyl (C=O) groups excluding carboxylic acids is 1. The zero-order valence-electron chi connectivity index (χ0n) is 12.8. The highest BCUT2D eigenvalue weighted by Crippen LogP contribution is 2.23. The summed E-state index contributed by atoms with van der Waals surface area (Å²) >= 11 is 0. The van der Waals surface area contributed by atoms with Crippen LogP contribution in [-0.2, 0) is 19.6 Å². The predicted octanol–water partition coefficient (Wildman–Crippen LogP) is 1.44. The molecule has 0 radical (unpaired) electrons. The minimum absolute atomic E-state index is 0.0449. The minimum Gasteiger partial charge on any atom is -0.480 e. The number of anilines is 1. The molecule has 0 bridgehead atoms. The molecular weight excluding hydrogens is 308 g/mol. The van der Waals surface area contributed by atoms with Crippen LogP contribution < -0.4 is 5.32 Å². The molecule has 0 unspecified atom stereocenters. The molecule has 7 nitrogen and oxygen atoms in total. The van der Waals surface area contributed by atoms with E-state index < -0.39 is 22.5 Å². The second kappa shape index (κ2) is 7.37. The van der Waals surface area contributed by atoms with Crippen molar-refractivity contribution >= 4 is 27.6 Å². The third-order valence-corrected chi connectivity index (χ3v) is 4.78. The fourth-order valence-corrected chi connectivity index (χ4v) is 3.43. The zero-order chi connectivity index (χ0) is 16.9. The smallest absolute Gasteiger partial charge is 0.318 e. The van der Waals surface area contributed by atoms with Crippen LogP contribution in [0.4, 0.5) is 5.69 Å². The molecule has 2 N–H and O–H groups in total. The first-order chi connectivity index (χ1) is 10.2. The van der Waals surface area contributed by atoms with Crippen LogP contribution in [0.15, 0.2) is 23.1 Å². The van der Waals surface area contributed by atoms with E-state index in [1.165, 1.54) is 19.1 Å². The lowest BCUT2D eigenvalue weighted by molar-refractivity contribution is -0.137. The summed E-state index contributed by atoms with van der Waals surface area (Å²) in [5, 5.41) is 11.4. The van der Waals surface area contributed by atoms with Gasteiger partial charge in [0.2, 0.25) is 15.9 Å². The van der Waals surface area contributed by atoms with Crippen molar-refractivity contribution in [1.29, 1.82) is 0 Å². The van der Waals surface area contributed by atoms with E-state index in [0.717, 1.165) is 9.87 Å². The van der Waals surface area contributed by atoms with Crippen molar-refractivity contribution in [1.82, 2.24) is 4.31 Å². The Hall–Kier alpha value is -1.93. The molecule has 0 spiro atoms. The molecule has 1 aromatic carbocycles. The Morgan fingerprint density at radius 2 is 1.95 bits per heavy atom. The molecule has 0 saturated heterocycles. The van der Waals surface area contributed by atoms with Gasteiger partial charge < -0.3 is 10.4 Å². The van der Waals surface area contributed by atoms with Crippen molar-refractivity contribution in [3.8, 4) is 0 Å². The van der Waals surface area contributed by atoms with Crippen LogP contribution in [0.25, 0.3) is 0 Å². The third kappa shape index (κ3) is 4.54. The average molecular weight is 328 g/mol. The van der Waals surface area contributed by atoms with Gasteiger partial charge in [-0.1, -0.05) is 13.0 Å². The molecule has 0 heterocycles. The van der Waals surface area contributed by atoms with Crippen molar-refractivity contribution in [2.75, 3.05) is 18.4 Å². The van der Waals surface area contributed by atoms with Gasteiger partial charge in [-0.25, -0.2) is 8.42 Å². The van der Waals surface area contributed by atoms with Gasteiger partial charge in [-0.15, -0.1) is 0 Å². The molecular formula is C14H20N2O5S. The standard InChI is InChI=1S/C14H20N2O5S/c1-4-7-16(9-14(18)19)22(20,21)12-6-5-10(2)13(8-12)15-11(3)17/h5-6,8H,4,7,9H2,1-3H3,(H,15,17)(H,18,19). The van der Waals surface area contributed by atoms with Crippen LogP contribution in [0.1, 0.15) is 25.8 Å². The normalized spacial score (nSPS) is 11.5. The average Bonchev–Trinajstić information content (AvgIpc) is 2.39. The molecule has 122 valence electrons. The Labute approximate surface area is 130 Å². The number of carboxylic acid groups (broad SMARTS) is 1. The van der Waals surface area contributed by atoms with Crippen LogP contribution in [0, 0.1) is 6.92 Å². The summed E-state index contributed by atoms with van der Waals surface area (Å²) in [6.45, 7) is 4.34. The number of aliphatic carboxylic acids is 1. The van der Waals surface area contributed by atoms with E-state index in [1.54, 1.807) is 19.9 Å². The first-order valence-corrected chi connectivity index (χ1v) is 8.22. The van der Waals surface area contributed by atoms with E-state index in [4.69, 9.17) is 5.11 Å². The SMILES string of the molecule is CCCN(CC(=O)O)S(=O)(=O)c1ccc(C)c(NC(C)=O)c1. The molecule has 1 rings (SSSR count). The van der Waals surface area contributed by atoms with Crippen molar-refractivity contribution in [3.05, 3.63) is 23.8 Å². The maximum Gasteiger partial charge on any atom is 0.318 e. The summed E-state index contributed by atoms with van der Waals surface area (Å²) in [4.78, 5) is 22.0. The van der Waals surface area contributed by atoms with Crippen molar-refractivity contribution in [2.24, 2.45) is 0 Å². The van der Waals surface area contributed by atoms with Crippen LogP contribution in [0.5, 0.6) is 0 Å². The lowest BCUT2D eigenvalue weighted by Crippen LogP contribution is -2.36. The molecule has 0 aliphatic heterocycles. The number of aryl methyl sites for hydroxylation is 1. The number of rotatable bonds is 7. The van der Waals surface area contributed by atoms with Gasteiger partial charge in [0, 0.05) is 19.2 Å². The summed E-state index contributed by atoms with van der Waals surface area (Å²) in [6, 6.07) is 4.32. The van der Waals surface area contributed by atoms with Crippen LogP contribution in [-0.4, -0.2) is 42.8 Å². The van der Waals surface area contributed by atoms with Gasteiger partial charge in [0.1, 0.15) is 6.54 Å². The van der Waals surface area contributed by atoms with Gasteiger partial charge in [-0.2, -0.15) is 4.31 Å². The predicted molar refractivity (Wildman–Crippen MR) is 82.2 cm³/mol. The van der Waals surface area contributed by atoms with E-state index in [0.29, 0.717) is 12.1 Å². The van der Waals surface area contributed by atoms with Gasteiger partial charge in [0.25, 0.3) is 0 Å². The molecule has 0 aliphatic rings. The second-order valence-corrected chi connectivity index (χ2v) is 6.83. The van der Waals surface area contributed by atoms with E-state index in [2.05, 4.69) is 5.32 Å². The monoisotopic (exact) mass is 328 g/mol. The van der Waals surface area contributed by atoms with Crippen LogP contribution in [0.3, 0.4) is 0 Å². The summed E-state index contributed by atoms with van der Waals surface area (Å²) in [6.07, 6.45) is 0.497. The highest BCUT2D eigenvalue weighted by molar-refractivity contribution is 7.89. The highest BCUT2D eigenvalue weighted by Gasteiger charge is 2.26. The lowest BCUT2D eigenvalue weighted by Gasteiger charge is -2.20. The van der Waals surface area contributed by atoms with Crippen LogP contribution >= 0.6 is 0 Å². The van der Waals surface area contributed by atoms with E-state index >= 15 is 0 Å². The fraction of sp³-hybridized carbons (Fsp3) is 0.429. The zero-order valence-corrected chi connectivity index (χ0v) is 13.6. The molecule has 8 heteroatoms. The molecule has 1 aromatic rings. The Balaban J connectivity index is 3.25. The first kappa shape index (κ1) is 18.1. The molecule has 0 fully saturated rings. The van der Waals surface area contributed by atoms with E-state index in [-0.39, 0.29) is 17.3 Å². The summed E-state index contributed by atoms with van der Waals surface area (Å²) in [7, 11) is -3.93. The molecule has 22 heavy (non-hydrogen) atoms. The molecule has 1 amide bonds. The number of hydrogen-bond donors (Lipinski definition) is 2. The Morgan fingerprint density at radius 3 is 2.45 bits per heavy atom. The van der Waals surface area contributed by atoms with Gasteiger partial charge in [-0.3, -0.25) is 9.59 Å². The van der Waals surface area contributed by atoms with E-state index in [9.17, 15) is 18.0 Å². The lowest BCUT2D eigenvalue weighted by atomic mass is 10.2. The Kier molecular flexibility index (Phi) is 6.07. The minimum atomic E-state index is -3.93. The fourth-order valence-electron chi connectivity index (χ4n) is 1.92. The Morgan fingerprint density at radius 1 is 1.32 bits per heavy atom. The summed E-state index contributed by atoms with van der Waals surface area (Å²) < 4.78 is 26.0. The number of sulfonamides is 1. The first-order valence-electron chi connectivity index (χ1n) is 6.78. The van der Waals surface area contributed by atoms with E-state index in [1.807, 2.05) is 0 Å². The number of hydrogen-bond acceptors (Lipinski definition) is 4. The number of amides is 1. The molecule has 0 aromatic heterocycles. The van der Waals surface area contributed by atoms with Crippen molar-refractivity contribution < 1.29 is 23.1 Å². The van der Waals surface area contributed by atoms with Gasteiger partial charge in [0.15, 0.2) is 0 Å². The number of benzene rings is 1. The largest absolute Gasteiger partial charge is 0.480 e. The Bertz CT molecular complexity index is 670. The number of nitrogens with zero attached hydrogens (tertiary/aromatic N) is 1. The van der Waals surface area contributed by atoms with Crippen LogP contribution in [0.2, 0.25) is 0 Å². The molecule has 0 atom stereocenters. The number of nitrogens with one attached hydrogen (secondary N) is 1. The maximum atomic E-state index is 12.6. The highest BCUT2D eigenvalue weighted by atomic mass is 32.2. The summed E-state index contributed by atoms with van der Waals surface area (Å²) in [5.74, 6) is -1.53. The topological polar surface area (TPSA) is 104 Å². The van der Waals surface area contributed by atoms with Gasteiger partial charge >= 0.3 is 5.97 Å². The number of carbonyl (C=O) groups is 2. The summed E-state index contributed by atoms with van der Waals surface area (Å²) in [5.41, 5.74) is 1.11. The third-order valence-electron chi connectivity index (χ3n) is 2.94. The quantitative estimate of drug-likeness (QED) is 0.788.